The van der Waals surface area contributed by atoms with Crippen molar-refractivity contribution in [2.24, 2.45) is 0 Å². The molecule has 0 spiro atoms. The van der Waals surface area contributed by atoms with Crippen LogP contribution in [-0.4, -0.2) is 52.3 Å². The number of aromatic nitrogens is 3. The number of carbonyl (C=O) groups is 1. The molecular weight excluding hydrogens is 410 g/mol. The Labute approximate surface area is 165 Å². The van der Waals surface area contributed by atoms with Crippen molar-refractivity contribution in [2.75, 3.05) is 17.6 Å². The highest BCUT2D eigenvalue weighted by Gasteiger charge is 2.42. The zero-order valence-electron chi connectivity index (χ0n) is 14.8. The second kappa shape index (κ2) is 8.09. The van der Waals surface area contributed by atoms with Crippen LogP contribution in [0.25, 0.3) is 0 Å². The van der Waals surface area contributed by atoms with Crippen molar-refractivity contribution < 1.29 is 17.7 Å². The van der Waals surface area contributed by atoms with Gasteiger partial charge in [0.25, 0.3) is 0 Å². The van der Waals surface area contributed by atoms with Crippen LogP contribution in [0, 0.1) is 13.8 Å². The summed E-state index contributed by atoms with van der Waals surface area (Å²) < 4.78 is 33.0. The first-order chi connectivity index (χ1) is 12.8. The lowest BCUT2D eigenvalue weighted by atomic mass is 10.2. The van der Waals surface area contributed by atoms with Crippen LogP contribution in [0.1, 0.15) is 24.3 Å². The summed E-state index contributed by atoms with van der Waals surface area (Å²) in [5, 5.41) is 14.6. The van der Waals surface area contributed by atoms with E-state index >= 15 is 0 Å². The number of rotatable bonds is 7. The second-order valence-electron chi connectivity index (χ2n) is 5.89. The summed E-state index contributed by atoms with van der Waals surface area (Å²) in [6.07, 6.45) is 2.78. The molecule has 27 heavy (non-hydrogen) atoms. The molecule has 1 aliphatic rings. The zero-order valence-corrected chi connectivity index (χ0v) is 17.3. The van der Waals surface area contributed by atoms with Crippen molar-refractivity contribution in [1.29, 1.82) is 0 Å². The predicted molar refractivity (Wildman–Crippen MR) is 102 cm³/mol. The van der Waals surface area contributed by atoms with Gasteiger partial charge in [0.2, 0.25) is 21.1 Å². The molecule has 2 aromatic rings. The summed E-state index contributed by atoms with van der Waals surface area (Å²) >= 11 is 2.70. The molecule has 1 atom stereocenters. The Hall–Kier alpha value is -1.76. The maximum absolute atomic E-state index is 13.0. The van der Waals surface area contributed by atoms with Crippen LogP contribution in [-0.2, 0) is 14.8 Å². The highest BCUT2D eigenvalue weighted by molar-refractivity contribution is 8.01. The van der Waals surface area contributed by atoms with Crippen LogP contribution in [0.5, 0.6) is 0 Å². The van der Waals surface area contributed by atoms with Gasteiger partial charge in [0.15, 0.2) is 10.1 Å². The van der Waals surface area contributed by atoms with E-state index in [1.165, 1.54) is 27.4 Å². The van der Waals surface area contributed by atoms with Gasteiger partial charge in [-0.2, -0.15) is 4.31 Å². The van der Waals surface area contributed by atoms with Crippen LogP contribution in [0.4, 0.5) is 5.13 Å². The molecule has 3 rings (SSSR count). The molecule has 0 aliphatic carbocycles. The Morgan fingerprint density at radius 2 is 2.26 bits per heavy atom. The van der Waals surface area contributed by atoms with E-state index in [4.69, 9.17) is 4.52 Å². The number of hydrogen-bond acceptors (Lipinski definition) is 9. The normalized spacial score (nSPS) is 17.9. The van der Waals surface area contributed by atoms with Crippen molar-refractivity contribution in [2.45, 2.75) is 42.0 Å². The van der Waals surface area contributed by atoms with Crippen LogP contribution in [0.2, 0.25) is 0 Å². The maximum Gasteiger partial charge on any atom is 0.249 e. The largest absolute Gasteiger partial charge is 0.360 e. The van der Waals surface area contributed by atoms with Gasteiger partial charge < -0.3 is 4.52 Å². The fourth-order valence-corrected chi connectivity index (χ4v) is 6.35. The van der Waals surface area contributed by atoms with Crippen molar-refractivity contribution in [3.05, 3.63) is 24.1 Å². The molecule has 1 fully saturated rings. The summed E-state index contributed by atoms with van der Waals surface area (Å²) in [5.74, 6) is 0.486. The molecule has 1 saturated heterocycles. The summed E-state index contributed by atoms with van der Waals surface area (Å²) in [5.41, 5.74) is 0.284. The molecule has 2 aromatic heterocycles. The van der Waals surface area contributed by atoms with E-state index in [2.05, 4.69) is 27.2 Å². The van der Waals surface area contributed by atoms with Crippen LogP contribution in [0.15, 0.2) is 26.4 Å². The van der Waals surface area contributed by atoms with Gasteiger partial charge in [-0.15, -0.1) is 16.8 Å². The smallest absolute Gasteiger partial charge is 0.249 e. The lowest BCUT2D eigenvalue weighted by molar-refractivity contribution is -0.119. The SMILES string of the molecule is C=CCSc1nnc(NC(=O)C2CCCN2S(=O)(=O)c2c(C)noc2C)s1. The standard InChI is InChI=1S/C15H19N5O4S3/c1-4-8-25-15-18-17-14(26-15)16-13(21)11-6-5-7-20(11)27(22,23)12-9(2)19-24-10(12)3/h4,11H,1,5-8H2,2-3H3,(H,16,17,21). The van der Waals surface area contributed by atoms with Gasteiger partial charge in [-0.25, -0.2) is 8.42 Å². The Balaban J connectivity index is 1.77. The third-order valence-electron chi connectivity index (χ3n) is 4.00. The molecule has 0 saturated carbocycles. The average molecular weight is 430 g/mol. The topological polar surface area (TPSA) is 118 Å². The van der Waals surface area contributed by atoms with Gasteiger partial charge in [-0.3, -0.25) is 10.1 Å². The van der Waals surface area contributed by atoms with Gasteiger partial charge >= 0.3 is 0 Å². The molecule has 1 aliphatic heterocycles. The molecule has 1 unspecified atom stereocenters. The van der Waals surface area contributed by atoms with Crippen molar-refractivity contribution in [3.63, 3.8) is 0 Å². The summed E-state index contributed by atoms with van der Waals surface area (Å²) in [6, 6.07) is -0.808. The number of anilines is 1. The number of hydrogen-bond donors (Lipinski definition) is 1. The molecule has 146 valence electrons. The summed E-state index contributed by atoms with van der Waals surface area (Å²) in [7, 11) is -3.88. The maximum atomic E-state index is 13.0. The van der Waals surface area contributed by atoms with Crippen LogP contribution in [0.3, 0.4) is 0 Å². The van der Waals surface area contributed by atoms with Gasteiger partial charge in [-0.1, -0.05) is 34.3 Å². The first kappa shape index (κ1) is 20.0. The number of aryl methyl sites for hydroxylation is 2. The molecule has 9 nitrogen and oxygen atoms in total. The molecule has 3 heterocycles. The molecule has 0 bridgehead atoms. The predicted octanol–water partition coefficient (Wildman–Crippen LogP) is 2.21. The van der Waals surface area contributed by atoms with Gasteiger partial charge in [0, 0.05) is 12.3 Å². The van der Waals surface area contributed by atoms with E-state index in [-0.39, 0.29) is 22.9 Å². The Bertz CT molecular complexity index is 933. The lowest BCUT2D eigenvalue weighted by Crippen LogP contribution is -2.43. The van der Waals surface area contributed by atoms with Crippen molar-refractivity contribution >= 4 is 44.2 Å². The minimum atomic E-state index is -3.88. The minimum absolute atomic E-state index is 0.0289. The van der Waals surface area contributed by atoms with Gasteiger partial charge in [0.05, 0.1) is 0 Å². The first-order valence-corrected chi connectivity index (χ1v) is 11.4. The number of sulfonamides is 1. The lowest BCUT2D eigenvalue weighted by Gasteiger charge is -2.22. The van der Waals surface area contributed by atoms with Crippen molar-refractivity contribution in [1.82, 2.24) is 19.7 Å². The average Bonchev–Trinajstić information content (AvgIpc) is 3.33. The highest BCUT2D eigenvalue weighted by Crippen LogP contribution is 2.31. The quantitative estimate of drug-likeness (QED) is 0.404. The van der Waals surface area contributed by atoms with Gasteiger partial charge in [-0.05, 0) is 26.7 Å². The number of nitrogens with zero attached hydrogens (tertiary/aromatic N) is 4. The Morgan fingerprint density at radius 1 is 1.48 bits per heavy atom. The van der Waals surface area contributed by atoms with E-state index in [9.17, 15) is 13.2 Å². The number of carbonyl (C=O) groups excluding carboxylic acids is 1. The molecular formula is C15H19N5O4S3. The van der Waals surface area contributed by atoms with E-state index in [0.29, 0.717) is 28.1 Å². The van der Waals surface area contributed by atoms with Gasteiger partial charge in [0.1, 0.15) is 16.6 Å². The summed E-state index contributed by atoms with van der Waals surface area (Å²) in [4.78, 5) is 12.7. The van der Waals surface area contributed by atoms with Crippen LogP contribution < -0.4 is 5.32 Å². The third-order valence-corrected chi connectivity index (χ3v) is 8.12. The third kappa shape index (κ3) is 4.08. The molecule has 0 radical (unpaired) electrons. The second-order valence-corrected chi connectivity index (χ2v) is 9.96. The zero-order chi connectivity index (χ0) is 19.6. The molecule has 12 heteroatoms. The molecule has 1 N–H and O–H groups in total. The Kier molecular flexibility index (Phi) is 5.99. The number of thioether (sulfide) groups is 1. The monoisotopic (exact) mass is 429 g/mol. The van der Waals surface area contributed by atoms with E-state index in [0.717, 1.165) is 0 Å². The van der Waals surface area contributed by atoms with E-state index < -0.39 is 22.0 Å². The van der Waals surface area contributed by atoms with E-state index in [1.807, 2.05) is 0 Å². The molecule has 0 aromatic carbocycles. The van der Waals surface area contributed by atoms with E-state index in [1.54, 1.807) is 19.9 Å². The summed E-state index contributed by atoms with van der Waals surface area (Å²) in [6.45, 7) is 7.02. The highest BCUT2D eigenvalue weighted by atomic mass is 32.2. The number of nitrogens with one attached hydrogen (secondary N) is 1. The molecule has 1 amide bonds. The van der Waals surface area contributed by atoms with Crippen LogP contribution >= 0.6 is 23.1 Å². The number of amides is 1. The minimum Gasteiger partial charge on any atom is -0.360 e. The fourth-order valence-electron chi connectivity index (χ4n) is 2.89. The Morgan fingerprint density at radius 3 is 2.93 bits per heavy atom. The first-order valence-electron chi connectivity index (χ1n) is 8.17. The fraction of sp³-hybridized carbons (Fsp3) is 0.467. The van der Waals surface area contributed by atoms with Crippen molar-refractivity contribution in [3.8, 4) is 0 Å².